The molecular weight excluding hydrogens is 304 g/mol. The smallest absolute Gasteiger partial charge is 0.246 e. The number of carbonyl (C=O) groups excluding carboxylic acids is 4. The minimum absolute atomic E-state index is 0.0942. The van der Waals surface area contributed by atoms with E-state index in [-0.39, 0.29) is 47.2 Å². The van der Waals surface area contributed by atoms with Gasteiger partial charge < -0.3 is 4.90 Å². The molecule has 122 valence electrons. The maximum absolute atomic E-state index is 12.3. The molecule has 1 aliphatic rings. The van der Waals surface area contributed by atoms with Crippen LogP contribution in [0.3, 0.4) is 0 Å². The monoisotopic (exact) mass is 326 g/mol. The van der Waals surface area contributed by atoms with Gasteiger partial charge in [0, 0.05) is 37.4 Å². The van der Waals surface area contributed by atoms with E-state index in [1.165, 1.54) is 21.6 Å². The van der Waals surface area contributed by atoms with Crippen molar-refractivity contribution < 1.29 is 19.2 Å². The van der Waals surface area contributed by atoms with E-state index >= 15 is 0 Å². The second-order valence-electron chi connectivity index (χ2n) is 6.06. The number of allylic oxidation sites excluding steroid dienone is 1. The third-order valence-corrected chi connectivity index (χ3v) is 4.41. The number of likely N-dealkylation sites (tertiary alicyclic amines) is 1. The molecule has 0 aliphatic carbocycles. The predicted octanol–water partition coefficient (Wildman–Crippen LogP) is 0.859. The van der Waals surface area contributed by atoms with Gasteiger partial charge in [-0.1, -0.05) is 20.8 Å². The normalized spacial score (nSPS) is 19.1. The van der Waals surface area contributed by atoms with E-state index in [9.17, 15) is 19.2 Å². The van der Waals surface area contributed by atoms with Crippen LogP contribution in [0.15, 0.2) is 12.2 Å². The Morgan fingerprint density at radius 1 is 1.41 bits per heavy atom. The second kappa shape index (κ2) is 7.58. The van der Waals surface area contributed by atoms with E-state index in [4.69, 9.17) is 0 Å². The Balaban J connectivity index is 2.57. The fourth-order valence-corrected chi connectivity index (χ4v) is 3.32. The Bertz CT molecular complexity index is 496. The number of rotatable bonds is 6. The lowest BCUT2D eigenvalue weighted by atomic mass is 10.3. The first kappa shape index (κ1) is 18.4. The first-order valence-corrected chi connectivity index (χ1v) is 7.92. The van der Waals surface area contributed by atoms with Crippen LogP contribution in [-0.2, 0) is 19.2 Å². The molecule has 3 amide bonds. The van der Waals surface area contributed by atoms with Crippen molar-refractivity contribution in [1.29, 1.82) is 0 Å². The van der Waals surface area contributed by atoms with Crippen LogP contribution in [0.4, 0.5) is 0 Å². The average molecular weight is 326 g/mol. The molecule has 1 saturated heterocycles. The third kappa shape index (κ3) is 5.29. The number of imide groups is 1. The molecular formula is C15H22N2O4S. The molecule has 1 heterocycles. The minimum Gasteiger partial charge on any atom is -0.340 e. The van der Waals surface area contributed by atoms with E-state index in [1.807, 2.05) is 20.8 Å². The largest absolute Gasteiger partial charge is 0.340 e. The van der Waals surface area contributed by atoms with Gasteiger partial charge >= 0.3 is 0 Å². The van der Waals surface area contributed by atoms with E-state index in [2.05, 4.69) is 0 Å². The number of hydrogen-bond donors (Lipinski definition) is 0. The quantitative estimate of drug-likeness (QED) is 0.411. The summed E-state index contributed by atoms with van der Waals surface area (Å²) in [6, 6.07) is 0. The van der Waals surface area contributed by atoms with Crippen molar-refractivity contribution in [2.75, 3.05) is 20.1 Å². The van der Waals surface area contributed by atoms with Gasteiger partial charge in [-0.05, 0) is 6.08 Å². The van der Waals surface area contributed by atoms with Crippen molar-refractivity contribution in [1.82, 2.24) is 9.80 Å². The highest BCUT2D eigenvalue weighted by molar-refractivity contribution is 8.01. The molecule has 0 aromatic carbocycles. The molecule has 1 unspecified atom stereocenters. The van der Waals surface area contributed by atoms with Crippen LogP contribution in [0.5, 0.6) is 0 Å². The van der Waals surface area contributed by atoms with Crippen molar-refractivity contribution >= 4 is 35.8 Å². The van der Waals surface area contributed by atoms with Gasteiger partial charge in [0.05, 0.1) is 5.25 Å². The van der Waals surface area contributed by atoms with Crippen LogP contribution in [0.25, 0.3) is 0 Å². The molecule has 0 spiro atoms. The lowest BCUT2D eigenvalue weighted by Crippen LogP contribution is -2.39. The minimum atomic E-state index is -0.344. The molecule has 1 fully saturated rings. The van der Waals surface area contributed by atoms with Gasteiger partial charge in [0.1, 0.15) is 6.29 Å². The molecule has 1 rings (SSSR count). The summed E-state index contributed by atoms with van der Waals surface area (Å²) in [6.45, 7) is 6.43. The fraction of sp³-hybridized carbons (Fsp3) is 0.600. The molecule has 6 nitrogen and oxygen atoms in total. The summed E-state index contributed by atoms with van der Waals surface area (Å²) in [5, 5.41) is -0.344. The molecule has 7 heteroatoms. The summed E-state index contributed by atoms with van der Waals surface area (Å²) in [4.78, 5) is 48.6. The van der Waals surface area contributed by atoms with E-state index in [0.29, 0.717) is 6.29 Å². The SMILES string of the molecule is CN(CCN1C(=O)CC(SC(C)(C)C)C1=O)C(=O)/C=C\C=O. The third-order valence-electron chi connectivity index (χ3n) is 3.05. The topological polar surface area (TPSA) is 74.8 Å². The highest BCUT2D eigenvalue weighted by atomic mass is 32.2. The fourth-order valence-electron chi connectivity index (χ4n) is 2.02. The number of likely N-dealkylation sites (N-methyl/N-ethyl adjacent to an activating group) is 1. The molecule has 0 N–H and O–H groups in total. The van der Waals surface area contributed by atoms with E-state index < -0.39 is 0 Å². The van der Waals surface area contributed by atoms with Crippen molar-refractivity contribution in [3.63, 3.8) is 0 Å². The number of aldehydes is 1. The molecule has 0 bridgehead atoms. The summed E-state index contributed by atoms with van der Waals surface area (Å²) < 4.78 is -0.0942. The molecule has 22 heavy (non-hydrogen) atoms. The molecule has 0 saturated carbocycles. The Hall–Kier alpha value is -1.63. The van der Waals surface area contributed by atoms with Crippen LogP contribution in [0.1, 0.15) is 27.2 Å². The maximum atomic E-state index is 12.3. The van der Waals surface area contributed by atoms with Crippen molar-refractivity contribution in [2.45, 2.75) is 37.2 Å². The Kier molecular flexibility index (Phi) is 6.34. The number of amides is 3. The summed E-state index contributed by atoms with van der Waals surface area (Å²) in [7, 11) is 1.56. The highest BCUT2D eigenvalue weighted by Gasteiger charge is 2.40. The lowest BCUT2D eigenvalue weighted by molar-refractivity contribution is -0.139. The Morgan fingerprint density at radius 2 is 2.05 bits per heavy atom. The van der Waals surface area contributed by atoms with Crippen molar-refractivity contribution in [2.24, 2.45) is 0 Å². The summed E-state index contributed by atoms with van der Waals surface area (Å²) in [6.07, 6.45) is 3.00. The van der Waals surface area contributed by atoms with Gasteiger partial charge in [0.2, 0.25) is 17.7 Å². The average Bonchev–Trinajstić information content (AvgIpc) is 2.66. The van der Waals surface area contributed by atoms with Gasteiger partial charge in [0.25, 0.3) is 0 Å². The van der Waals surface area contributed by atoms with Crippen LogP contribution >= 0.6 is 11.8 Å². The van der Waals surface area contributed by atoms with Gasteiger partial charge in [-0.2, -0.15) is 0 Å². The number of nitrogens with zero attached hydrogens (tertiary/aromatic N) is 2. The van der Waals surface area contributed by atoms with Gasteiger partial charge in [-0.3, -0.25) is 24.1 Å². The number of hydrogen-bond acceptors (Lipinski definition) is 5. The number of thioether (sulfide) groups is 1. The van der Waals surface area contributed by atoms with Gasteiger partial charge in [-0.15, -0.1) is 11.8 Å². The van der Waals surface area contributed by atoms with Crippen LogP contribution in [-0.4, -0.2) is 63.9 Å². The number of carbonyl (C=O) groups is 4. The Labute approximate surface area is 134 Å². The summed E-state index contributed by atoms with van der Waals surface area (Å²) in [5.41, 5.74) is 0. The first-order chi connectivity index (χ1) is 10.2. The molecule has 0 radical (unpaired) electrons. The summed E-state index contributed by atoms with van der Waals surface area (Å²) >= 11 is 1.49. The summed E-state index contributed by atoms with van der Waals surface area (Å²) in [5.74, 6) is -0.725. The van der Waals surface area contributed by atoms with E-state index in [0.717, 1.165) is 12.2 Å². The van der Waals surface area contributed by atoms with Gasteiger partial charge in [0.15, 0.2) is 0 Å². The van der Waals surface area contributed by atoms with Crippen LogP contribution in [0, 0.1) is 0 Å². The van der Waals surface area contributed by atoms with Crippen LogP contribution < -0.4 is 0 Å². The molecule has 1 atom stereocenters. The molecule has 0 aromatic heterocycles. The second-order valence-corrected chi connectivity index (χ2v) is 8.09. The Morgan fingerprint density at radius 3 is 2.59 bits per heavy atom. The zero-order valence-corrected chi connectivity index (χ0v) is 14.2. The maximum Gasteiger partial charge on any atom is 0.246 e. The van der Waals surface area contributed by atoms with Crippen molar-refractivity contribution in [3.8, 4) is 0 Å². The standard InChI is InChI=1S/C15H22N2O4S/c1-15(2,3)22-11-10-13(20)17(14(11)21)8-7-16(4)12(19)6-5-9-18/h5-6,9,11H,7-8,10H2,1-4H3/b6-5-. The highest BCUT2D eigenvalue weighted by Crippen LogP contribution is 2.34. The zero-order valence-electron chi connectivity index (χ0n) is 13.4. The van der Waals surface area contributed by atoms with Crippen molar-refractivity contribution in [3.05, 3.63) is 12.2 Å². The zero-order chi connectivity index (χ0) is 16.9. The van der Waals surface area contributed by atoms with Gasteiger partial charge in [-0.25, -0.2) is 0 Å². The van der Waals surface area contributed by atoms with E-state index in [1.54, 1.807) is 7.05 Å². The molecule has 0 aromatic rings. The first-order valence-electron chi connectivity index (χ1n) is 7.04. The predicted molar refractivity (Wildman–Crippen MR) is 85.3 cm³/mol. The lowest BCUT2D eigenvalue weighted by Gasteiger charge is -2.22. The molecule has 1 aliphatic heterocycles. The van der Waals surface area contributed by atoms with Crippen LogP contribution in [0.2, 0.25) is 0 Å².